The van der Waals surface area contributed by atoms with Gasteiger partial charge in [-0.2, -0.15) is 0 Å². The molecular weight excluding hydrogens is 333 g/mol. The van der Waals surface area contributed by atoms with E-state index in [2.05, 4.69) is 5.32 Å². The second-order valence-electron chi connectivity index (χ2n) is 5.09. The third kappa shape index (κ3) is 5.06. The summed E-state index contributed by atoms with van der Waals surface area (Å²) in [5.41, 5.74) is 1.63. The lowest BCUT2D eigenvalue weighted by Crippen LogP contribution is -2.13. The molecule has 126 valence electrons. The highest BCUT2D eigenvalue weighted by atomic mass is 35.5. The van der Waals surface area contributed by atoms with Crippen LogP contribution in [0.25, 0.3) is 0 Å². The van der Waals surface area contributed by atoms with Gasteiger partial charge in [0.2, 0.25) is 5.91 Å². The third-order valence-corrected chi connectivity index (χ3v) is 3.61. The maximum Gasteiger partial charge on any atom is 0.339 e. The molecule has 0 saturated heterocycles. The van der Waals surface area contributed by atoms with E-state index >= 15 is 0 Å². The summed E-state index contributed by atoms with van der Waals surface area (Å²) in [5, 5.41) is 2.93. The van der Waals surface area contributed by atoms with E-state index in [1.165, 1.54) is 24.3 Å². The highest BCUT2D eigenvalue weighted by Crippen LogP contribution is 2.22. The van der Waals surface area contributed by atoms with Crippen molar-refractivity contribution in [1.29, 1.82) is 0 Å². The molecule has 0 aliphatic heterocycles. The zero-order valence-corrected chi connectivity index (χ0v) is 13.9. The number of anilines is 1. The molecule has 0 aliphatic carbocycles. The number of ether oxygens (including phenoxy) is 1. The number of carbonyl (C=O) groups is 2. The van der Waals surface area contributed by atoms with Gasteiger partial charge in [0.05, 0.1) is 17.2 Å². The van der Waals surface area contributed by atoms with E-state index in [0.717, 1.165) is 5.56 Å². The molecule has 6 heteroatoms. The Balaban J connectivity index is 1.93. The molecule has 0 aliphatic rings. The maximum atomic E-state index is 12.8. The van der Waals surface area contributed by atoms with Crippen molar-refractivity contribution in [2.45, 2.75) is 19.8 Å². The first-order valence-electron chi connectivity index (χ1n) is 7.50. The molecule has 0 heterocycles. The standard InChI is InChI=1S/C18H17ClFNO3/c1-2-24-18(23)15-9-8-14(11-16(15)19)21-17(22)10-5-12-3-6-13(20)7-4-12/h3-4,6-9,11H,2,5,10H2,1H3,(H,21,22). The summed E-state index contributed by atoms with van der Waals surface area (Å²) in [6.07, 6.45) is 0.754. The normalized spacial score (nSPS) is 10.3. The van der Waals surface area contributed by atoms with Crippen LogP contribution in [0.1, 0.15) is 29.3 Å². The fourth-order valence-corrected chi connectivity index (χ4v) is 2.36. The number of nitrogens with one attached hydrogen (secondary N) is 1. The molecule has 0 atom stereocenters. The Labute approximate surface area is 144 Å². The van der Waals surface area contributed by atoms with Gasteiger partial charge >= 0.3 is 5.97 Å². The fourth-order valence-electron chi connectivity index (χ4n) is 2.10. The quantitative estimate of drug-likeness (QED) is 0.794. The van der Waals surface area contributed by atoms with Crippen molar-refractivity contribution in [2.24, 2.45) is 0 Å². The van der Waals surface area contributed by atoms with E-state index in [0.29, 0.717) is 12.1 Å². The average Bonchev–Trinajstić information content (AvgIpc) is 2.54. The molecule has 1 amide bonds. The molecule has 24 heavy (non-hydrogen) atoms. The van der Waals surface area contributed by atoms with Crippen molar-refractivity contribution in [3.8, 4) is 0 Å². The Morgan fingerprint density at radius 2 is 1.88 bits per heavy atom. The van der Waals surface area contributed by atoms with Crippen LogP contribution < -0.4 is 5.32 Å². The molecule has 1 N–H and O–H groups in total. The smallest absolute Gasteiger partial charge is 0.339 e. The van der Waals surface area contributed by atoms with Crippen molar-refractivity contribution in [1.82, 2.24) is 0 Å². The summed E-state index contributed by atoms with van der Waals surface area (Å²) in [5.74, 6) is -1.00. The first-order valence-corrected chi connectivity index (χ1v) is 7.88. The van der Waals surface area contributed by atoms with Gasteiger partial charge in [-0.3, -0.25) is 4.79 Å². The topological polar surface area (TPSA) is 55.4 Å². The average molecular weight is 350 g/mol. The summed E-state index contributed by atoms with van der Waals surface area (Å²) in [6.45, 7) is 1.97. The Bertz CT molecular complexity index is 732. The molecule has 0 spiro atoms. The highest BCUT2D eigenvalue weighted by Gasteiger charge is 2.12. The number of hydrogen-bond donors (Lipinski definition) is 1. The monoisotopic (exact) mass is 349 g/mol. The van der Waals surface area contributed by atoms with Crippen LogP contribution in [-0.2, 0) is 16.0 Å². The van der Waals surface area contributed by atoms with E-state index in [1.807, 2.05) is 0 Å². The third-order valence-electron chi connectivity index (χ3n) is 3.30. The number of esters is 1. The van der Waals surface area contributed by atoms with Crippen LogP contribution in [0.2, 0.25) is 5.02 Å². The lowest BCUT2D eigenvalue weighted by atomic mass is 10.1. The van der Waals surface area contributed by atoms with Crippen LogP contribution in [0, 0.1) is 5.82 Å². The van der Waals surface area contributed by atoms with Crippen molar-refractivity contribution in [3.05, 3.63) is 64.4 Å². The van der Waals surface area contributed by atoms with Crippen LogP contribution in [0.4, 0.5) is 10.1 Å². The molecule has 0 radical (unpaired) electrons. The minimum absolute atomic E-state index is 0.195. The lowest BCUT2D eigenvalue weighted by molar-refractivity contribution is -0.116. The van der Waals surface area contributed by atoms with E-state index < -0.39 is 5.97 Å². The first kappa shape index (κ1) is 17.9. The second kappa shape index (κ2) is 8.45. The zero-order valence-electron chi connectivity index (χ0n) is 13.1. The Kier molecular flexibility index (Phi) is 6.32. The van der Waals surface area contributed by atoms with Gasteiger partial charge in [-0.1, -0.05) is 23.7 Å². The Morgan fingerprint density at radius 1 is 1.17 bits per heavy atom. The van der Waals surface area contributed by atoms with E-state index in [9.17, 15) is 14.0 Å². The van der Waals surface area contributed by atoms with Gasteiger partial charge in [0.1, 0.15) is 5.82 Å². The van der Waals surface area contributed by atoms with E-state index in [4.69, 9.17) is 16.3 Å². The van der Waals surface area contributed by atoms with E-state index in [-0.39, 0.29) is 35.3 Å². The number of benzene rings is 2. The van der Waals surface area contributed by atoms with Gasteiger partial charge in [0.25, 0.3) is 0 Å². The second-order valence-corrected chi connectivity index (χ2v) is 5.50. The Morgan fingerprint density at radius 3 is 2.50 bits per heavy atom. The SMILES string of the molecule is CCOC(=O)c1ccc(NC(=O)CCc2ccc(F)cc2)cc1Cl. The number of carbonyl (C=O) groups excluding carboxylic acids is 2. The van der Waals surface area contributed by atoms with E-state index in [1.54, 1.807) is 25.1 Å². The van der Waals surface area contributed by atoms with Crippen LogP contribution in [0.5, 0.6) is 0 Å². The highest BCUT2D eigenvalue weighted by molar-refractivity contribution is 6.34. The van der Waals surface area contributed by atoms with Crippen molar-refractivity contribution >= 4 is 29.2 Å². The van der Waals surface area contributed by atoms with Gasteiger partial charge < -0.3 is 10.1 Å². The number of rotatable bonds is 6. The molecular formula is C18H17ClFNO3. The Hall–Kier alpha value is -2.40. The molecule has 2 rings (SSSR count). The number of halogens is 2. The first-order chi connectivity index (χ1) is 11.5. The minimum Gasteiger partial charge on any atom is -0.462 e. The summed E-state index contributed by atoms with van der Waals surface area (Å²) < 4.78 is 17.7. The lowest BCUT2D eigenvalue weighted by Gasteiger charge is -2.08. The number of amides is 1. The molecule has 2 aromatic rings. The van der Waals surface area contributed by atoms with Crippen molar-refractivity contribution in [3.63, 3.8) is 0 Å². The van der Waals surface area contributed by atoms with Gasteiger partial charge in [0, 0.05) is 12.1 Å². The maximum absolute atomic E-state index is 12.8. The number of aryl methyl sites for hydroxylation is 1. The fraction of sp³-hybridized carbons (Fsp3) is 0.222. The molecule has 0 fully saturated rings. The van der Waals surface area contributed by atoms with Crippen LogP contribution in [-0.4, -0.2) is 18.5 Å². The molecule has 2 aromatic carbocycles. The van der Waals surface area contributed by atoms with Crippen molar-refractivity contribution < 1.29 is 18.7 Å². The van der Waals surface area contributed by atoms with Crippen molar-refractivity contribution in [2.75, 3.05) is 11.9 Å². The molecule has 4 nitrogen and oxygen atoms in total. The van der Waals surface area contributed by atoms with Gasteiger partial charge in [-0.15, -0.1) is 0 Å². The molecule has 0 saturated carbocycles. The summed E-state index contributed by atoms with van der Waals surface area (Å²) in [7, 11) is 0. The summed E-state index contributed by atoms with van der Waals surface area (Å²) in [4.78, 5) is 23.6. The molecule has 0 unspecified atom stereocenters. The minimum atomic E-state index is -0.503. The predicted octanol–water partition coefficient (Wildman–Crippen LogP) is 4.23. The largest absolute Gasteiger partial charge is 0.462 e. The van der Waals surface area contributed by atoms with Gasteiger partial charge in [-0.05, 0) is 49.2 Å². The van der Waals surface area contributed by atoms with Crippen LogP contribution in [0.15, 0.2) is 42.5 Å². The summed E-state index contributed by atoms with van der Waals surface area (Å²) >= 11 is 6.04. The molecule has 0 aromatic heterocycles. The molecule has 0 bridgehead atoms. The predicted molar refractivity (Wildman–Crippen MR) is 90.8 cm³/mol. The van der Waals surface area contributed by atoms with Gasteiger partial charge in [-0.25, -0.2) is 9.18 Å². The van der Waals surface area contributed by atoms with Crippen LogP contribution >= 0.6 is 11.6 Å². The van der Waals surface area contributed by atoms with Crippen LogP contribution in [0.3, 0.4) is 0 Å². The summed E-state index contributed by atoms with van der Waals surface area (Å²) in [6, 6.07) is 10.6. The van der Waals surface area contributed by atoms with Gasteiger partial charge in [0.15, 0.2) is 0 Å². The zero-order chi connectivity index (χ0) is 17.5. The number of hydrogen-bond acceptors (Lipinski definition) is 3.